The smallest absolute Gasteiger partial charge is 0.261 e. The van der Waals surface area contributed by atoms with Gasteiger partial charge in [-0.3, -0.25) is 9.52 Å². The molecule has 0 fully saturated rings. The summed E-state index contributed by atoms with van der Waals surface area (Å²) >= 11 is 18.2. The molecule has 150 valence electrons. The molecule has 0 bridgehead atoms. The third-order valence-electron chi connectivity index (χ3n) is 4.01. The van der Waals surface area contributed by atoms with Crippen molar-refractivity contribution in [2.45, 2.75) is 11.8 Å². The van der Waals surface area contributed by atoms with E-state index in [0.29, 0.717) is 10.7 Å². The minimum absolute atomic E-state index is 0.0746. The Balaban J connectivity index is 1.80. The molecule has 0 atom stereocenters. The van der Waals surface area contributed by atoms with Crippen LogP contribution in [0.25, 0.3) is 0 Å². The molecular formula is C20H15Cl3N2O3S. The van der Waals surface area contributed by atoms with Crippen molar-refractivity contribution in [1.29, 1.82) is 0 Å². The van der Waals surface area contributed by atoms with Gasteiger partial charge in [-0.2, -0.15) is 0 Å². The van der Waals surface area contributed by atoms with E-state index in [1.54, 1.807) is 30.3 Å². The molecule has 3 aromatic rings. The van der Waals surface area contributed by atoms with Gasteiger partial charge in [0.25, 0.3) is 15.9 Å². The van der Waals surface area contributed by atoms with E-state index in [4.69, 9.17) is 34.8 Å². The zero-order valence-corrected chi connectivity index (χ0v) is 18.1. The second-order valence-corrected chi connectivity index (χ2v) is 9.04. The summed E-state index contributed by atoms with van der Waals surface area (Å²) in [5.74, 6) is -0.469. The number of carbonyl (C=O) groups excluding carboxylic acids is 1. The van der Waals surface area contributed by atoms with Crippen LogP contribution in [0.15, 0.2) is 65.6 Å². The van der Waals surface area contributed by atoms with Gasteiger partial charge in [0.15, 0.2) is 0 Å². The summed E-state index contributed by atoms with van der Waals surface area (Å²) < 4.78 is 27.5. The molecule has 0 saturated carbocycles. The Morgan fingerprint density at radius 3 is 2.21 bits per heavy atom. The Bertz CT molecular complexity index is 1180. The summed E-state index contributed by atoms with van der Waals surface area (Å²) in [5, 5.41) is 3.24. The van der Waals surface area contributed by atoms with Gasteiger partial charge < -0.3 is 5.32 Å². The number of halogens is 3. The van der Waals surface area contributed by atoms with E-state index >= 15 is 0 Å². The first-order valence-electron chi connectivity index (χ1n) is 8.32. The lowest BCUT2D eigenvalue weighted by atomic mass is 10.2. The molecule has 0 aliphatic heterocycles. The van der Waals surface area contributed by atoms with E-state index < -0.39 is 15.9 Å². The Morgan fingerprint density at radius 1 is 0.862 bits per heavy atom. The molecule has 0 saturated heterocycles. The van der Waals surface area contributed by atoms with Gasteiger partial charge in [0.05, 0.1) is 31.3 Å². The molecule has 0 aliphatic carbocycles. The number of sulfonamides is 1. The van der Waals surface area contributed by atoms with Crippen LogP contribution in [0.4, 0.5) is 11.4 Å². The van der Waals surface area contributed by atoms with E-state index in [-0.39, 0.29) is 26.2 Å². The van der Waals surface area contributed by atoms with Crippen LogP contribution in [-0.4, -0.2) is 14.3 Å². The van der Waals surface area contributed by atoms with Crippen molar-refractivity contribution in [3.05, 3.63) is 86.9 Å². The van der Waals surface area contributed by atoms with E-state index in [1.165, 1.54) is 30.3 Å². The fourth-order valence-electron chi connectivity index (χ4n) is 2.46. The minimum Gasteiger partial charge on any atom is -0.321 e. The van der Waals surface area contributed by atoms with Crippen molar-refractivity contribution in [3.8, 4) is 0 Å². The van der Waals surface area contributed by atoms with Crippen molar-refractivity contribution in [3.63, 3.8) is 0 Å². The third-order valence-corrected chi connectivity index (χ3v) is 6.52. The van der Waals surface area contributed by atoms with Crippen LogP contribution in [0.1, 0.15) is 15.9 Å². The van der Waals surface area contributed by atoms with Gasteiger partial charge in [0.2, 0.25) is 0 Å². The monoisotopic (exact) mass is 468 g/mol. The summed E-state index contributed by atoms with van der Waals surface area (Å²) in [6, 6.07) is 15.5. The van der Waals surface area contributed by atoms with Gasteiger partial charge in [-0.15, -0.1) is 0 Å². The molecule has 2 N–H and O–H groups in total. The maximum Gasteiger partial charge on any atom is 0.261 e. The highest BCUT2D eigenvalue weighted by atomic mass is 35.5. The summed E-state index contributed by atoms with van der Waals surface area (Å²) in [6.45, 7) is 1.86. The highest BCUT2D eigenvalue weighted by molar-refractivity contribution is 7.92. The Hall–Kier alpha value is -2.25. The minimum atomic E-state index is -3.81. The van der Waals surface area contributed by atoms with Gasteiger partial charge in [-0.1, -0.05) is 58.6 Å². The van der Waals surface area contributed by atoms with Crippen LogP contribution < -0.4 is 10.0 Å². The second-order valence-electron chi connectivity index (χ2n) is 6.17. The molecule has 9 heteroatoms. The van der Waals surface area contributed by atoms with Crippen molar-refractivity contribution < 1.29 is 13.2 Å². The summed E-state index contributed by atoms with van der Waals surface area (Å²) in [4.78, 5) is 12.6. The molecule has 0 unspecified atom stereocenters. The zero-order valence-electron chi connectivity index (χ0n) is 15.0. The molecule has 1 amide bonds. The Labute approximate surface area is 183 Å². The Kier molecular flexibility index (Phi) is 6.39. The maximum atomic E-state index is 12.5. The molecular weight excluding hydrogens is 455 g/mol. The lowest BCUT2D eigenvalue weighted by Crippen LogP contribution is -2.15. The second kappa shape index (κ2) is 8.63. The molecule has 0 aromatic heterocycles. The lowest BCUT2D eigenvalue weighted by Gasteiger charge is -2.12. The van der Waals surface area contributed by atoms with Crippen molar-refractivity contribution in [1.82, 2.24) is 0 Å². The van der Waals surface area contributed by atoms with Gasteiger partial charge in [-0.05, 0) is 49.4 Å². The summed E-state index contributed by atoms with van der Waals surface area (Å²) in [6.07, 6.45) is 0. The van der Waals surface area contributed by atoms with E-state index in [0.717, 1.165) is 5.56 Å². The molecule has 3 aromatic carbocycles. The molecule has 3 rings (SSSR count). The number of anilines is 2. The predicted molar refractivity (Wildman–Crippen MR) is 118 cm³/mol. The molecule has 0 aliphatic rings. The number of amides is 1. The van der Waals surface area contributed by atoms with Crippen LogP contribution in [0.2, 0.25) is 15.1 Å². The maximum absolute atomic E-state index is 12.5. The Morgan fingerprint density at radius 2 is 1.55 bits per heavy atom. The van der Waals surface area contributed by atoms with Crippen LogP contribution in [-0.2, 0) is 10.0 Å². The number of carbonyl (C=O) groups is 1. The van der Waals surface area contributed by atoms with Crippen molar-refractivity contribution in [2.24, 2.45) is 0 Å². The lowest BCUT2D eigenvalue weighted by molar-refractivity contribution is 0.102. The van der Waals surface area contributed by atoms with E-state index in [9.17, 15) is 13.2 Å². The SMILES string of the molecule is Cc1ccc(S(=O)(=O)Nc2ccc(C(=O)Nc3cccc(Cl)c3Cl)cc2Cl)cc1. The first-order valence-corrected chi connectivity index (χ1v) is 10.9. The summed E-state index contributed by atoms with van der Waals surface area (Å²) in [5.41, 5.74) is 1.68. The van der Waals surface area contributed by atoms with Crippen LogP contribution in [0.3, 0.4) is 0 Å². The molecule has 0 spiro atoms. The van der Waals surface area contributed by atoms with Gasteiger partial charge in [-0.25, -0.2) is 8.42 Å². The number of hydrogen-bond acceptors (Lipinski definition) is 3. The van der Waals surface area contributed by atoms with Gasteiger partial charge >= 0.3 is 0 Å². The predicted octanol–water partition coefficient (Wildman–Crippen LogP) is 6.01. The summed E-state index contributed by atoms with van der Waals surface area (Å²) in [7, 11) is -3.81. The first-order chi connectivity index (χ1) is 13.7. The largest absolute Gasteiger partial charge is 0.321 e. The average molecular weight is 470 g/mol. The van der Waals surface area contributed by atoms with Crippen molar-refractivity contribution in [2.75, 3.05) is 10.0 Å². The number of benzene rings is 3. The standard InChI is InChI=1S/C20H15Cl3N2O3S/c1-12-5-8-14(9-6-12)29(27,28)25-17-10-7-13(11-16(17)22)20(26)24-18-4-2-3-15(21)19(18)23/h2-11,25H,1H3,(H,24,26). The third kappa shape index (κ3) is 5.03. The van der Waals surface area contributed by atoms with Crippen LogP contribution in [0, 0.1) is 6.92 Å². The highest BCUT2D eigenvalue weighted by Gasteiger charge is 2.17. The number of aryl methyl sites for hydroxylation is 1. The fourth-order valence-corrected chi connectivity index (χ4v) is 4.17. The first kappa shape index (κ1) is 21.5. The van der Waals surface area contributed by atoms with E-state index in [1.807, 2.05) is 6.92 Å². The quantitative estimate of drug-likeness (QED) is 0.480. The average Bonchev–Trinajstić information content (AvgIpc) is 2.67. The van der Waals surface area contributed by atoms with Crippen LogP contribution in [0.5, 0.6) is 0 Å². The molecule has 0 radical (unpaired) electrons. The zero-order chi connectivity index (χ0) is 21.2. The van der Waals surface area contributed by atoms with Gasteiger partial charge in [0.1, 0.15) is 0 Å². The number of rotatable bonds is 5. The molecule has 29 heavy (non-hydrogen) atoms. The fraction of sp³-hybridized carbons (Fsp3) is 0.0500. The van der Waals surface area contributed by atoms with Crippen molar-refractivity contribution >= 4 is 62.1 Å². The van der Waals surface area contributed by atoms with Crippen LogP contribution >= 0.6 is 34.8 Å². The molecule has 0 heterocycles. The number of nitrogens with one attached hydrogen (secondary N) is 2. The van der Waals surface area contributed by atoms with Gasteiger partial charge in [0, 0.05) is 5.56 Å². The highest BCUT2D eigenvalue weighted by Crippen LogP contribution is 2.31. The normalized spacial score (nSPS) is 11.2. The number of hydrogen-bond donors (Lipinski definition) is 2. The molecule has 5 nitrogen and oxygen atoms in total. The van der Waals surface area contributed by atoms with E-state index in [2.05, 4.69) is 10.0 Å². The topological polar surface area (TPSA) is 75.3 Å².